The van der Waals surface area contributed by atoms with Gasteiger partial charge in [-0.1, -0.05) is 18.6 Å². The summed E-state index contributed by atoms with van der Waals surface area (Å²) in [6.07, 6.45) is 6.18. The zero-order valence-corrected chi connectivity index (χ0v) is 14.9. The normalized spacial score (nSPS) is 31.5. The van der Waals surface area contributed by atoms with Crippen LogP contribution in [0.4, 0.5) is 4.39 Å². The number of rotatable bonds is 5. The lowest BCUT2D eigenvalue weighted by molar-refractivity contribution is 0.0524. The van der Waals surface area contributed by atoms with Gasteiger partial charge in [-0.2, -0.15) is 0 Å². The largest absolute Gasteiger partial charge is 0.379 e. The molecule has 1 aromatic carbocycles. The van der Waals surface area contributed by atoms with Crippen molar-refractivity contribution in [1.29, 1.82) is 0 Å². The highest BCUT2D eigenvalue weighted by molar-refractivity contribution is 5.85. The Labute approximate surface area is 150 Å². The van der Waals surface area contributed by atoms with E-state index in [0.717, 1.165) is 26.3 Å². The van der Waals surface area contributed by atoms with Gasteiger partial charge in [-0.05, 0) is 49.3 Å². The molecule has 0 spiro atoms. The number of ether oxygens (including phenoxy) is 1. The SMILES string of the molecule is Cl.Fc1cccc(C2(CNC3CCCC3C3COCCN3)CC2)c1. The smallest absolute Gasteiger partial charge is 0.123 e. The van der Waals surface area contributed by atoms with Crippen molar-refractivity contribution in [2.75, 3.05) is 26.3 Å². The van der Waals surface area contributed by atoms with Crippen molar-refractivity contribution >= 4 is 12.4 Å². The molecule has 0 bridgehead atoms. The van der Waals surface area contributed by atoms with Gasteiger partial charge in [0, 0.05) is 30.6 Å². The molecular formula is C19H28ClFN2O. The fourth-order valence-corrected chi connectivity index (χ4v) is 4.45. The van der Waals surface area contributed by atoms with Crippen LogP contribution in [0, 0.1) is 11.7 Å². The van der Waals surface area contributed by atoms with Crippen LogP contribution >= 0.6 is 12.4 Å². The Balaban J connectivity index is 0.00000169. The lowest BCUT2D eigenvalue weighted by Crippen LogP contribution is -2.51. The molecule has 134 valence electrons. The van der Waals surface area contributed by atoms with Gasteiger partial charge in [0.25, 0.3) is 0 Å². The van der Waals surface area contributed by atoms with Crippen molar-refractivity contribution in [1.82, 2.24) is 10.6 Å². The van der Waals surface area contributed by atoms with Gasteiger partial charge in [0.1, 0.15) is 5.82 Å². The van der Waals surface area contributed by atoms with Crippen LogP contribution < -0.4 is 10.6 Å². The average molecular weight is 355 g/mol. The van der Waals surface area contributed by atoms with Crippen molar-refractivity contribution in [3.63, 3.8) is 0 Å². The first kappa shape index (κ1) is 18.1. The fraction of sp³-hybridized carbons (Fsp3) is 0.684. The van der Waals surface area contributed by atoms with Gasteiger partial charge in [-0.25, -0.2) is 4.39 Å². The minimum atomic E-state index is -0.115. The minimum Gasteiger partial charge on any atom is -0.379 e. The lowest BCUT2D eigenvalue weighted by Gasteiger charge is -2.33. The molecule has 3 atom stereocenters. The quantitative estimate of drug-likeness (QED) is 0.852. The summed E-state index contributed by atoms with van der Waals surface area (Å²) in [7, 11) is 0. The third kappa shape index (κ3) is 3.77. The molecule has 3 unspecified atom stereocenters. The Morgan fingerprint density at radius 2 is 2.17 bits per heavy atom. The van der Waals surface area contributed by atoms with Gasteiger partial charge in [0.15, 0.2) is 0 Å². The molecule has 1 saturated heterocycles. The molecule has 5 heteroatoms. The van der Waals surface area contributed by atoms with E-state index in [-0.39, 0.29) is 23.6 Å². The van der Waals surface area contributed by atoms with Crippen molar-refractivity contribution in [3.8, 4) is 0 Å². The summed E-state index contributed by atoms with van der Waals surface area (Å²) in [4.78, 5) is 0. The van der Waals surface area contributed by atoms with Gasteiger partial charge < -0.3 is 15.4 Å². The molecule has 3 fully saturated rings. The number of hydrogen-bond acceptors (Lipinski definition) is 3. The Kier molecular flexibility index (Phi) is 5.81. The summed E-state index contributed by atoms with van der Waals surface area (Å²) in [6.45, 7) is 3.63. The Morgan fingerprint density at radius 3 is 2.88 bits per heavy atom. The molecule has 2 saturated carbocycles. The molecule has 0 amide bonds. The Morgan fingerprint density at radius 1 is 1.29 bits per heavy atom. The number of morpholine rings is 1. The monoisotopic (exact) mass is 354 g/mol. The maximum absolute atomic E-state index is 13.5. The average Bonchev–Trinajstić information content (AvgIpc) is 3.24. The first-order chi connectivity index (χ1) is 11.3. The van der Waals surface area contributed by atoms with Crippen molar-refractivity contribution in [2.24, 2.45) is 5.92 Å². The van der Waals surface area contributed by atoms with Crippen molar-refractivity contribution in [3.05, 3.63) is 35.6 Å². The van der Waals surface area contributed by atoms with Crippen LogP contribution in [0.3, 0.4) is 0 Å². The lowest BCUT2D eigenvalue weighted by atomic mass is 9.91. The molecule has 1 aromatic rings. The number of benzene rings is 1. The van der Waals surface area contributed by atoms with Crippen LogP contribution in [0.5, 0.6) is 0 Å². The summed E-state index contributed by atoms with van der Waals surface area (Å²) in [6, 6.07) is 8.24. The molecule has 4 rings (SSSR count). The molecule has 0 aromatic heterocycles. The van der Waals surface area contributed by atoms with Crippen LogP contribution in [0.1, 0.15) is 37.7 Å². The van der Waals surface area contributed by atoms with Crippen molar-refractivity contribution < 1.29 is 9.13 Å². The van der Waals surface area contributed by atoms with E-state index >= 15 is 0 Å². The molecular weight excluding hydrogens is 327 g/mol. The summed E-state index contributed by atoms with van der Waals surface area (Å²) in [5, 5.41) is 7.46. The van der Waals surface area contributed by atoms with E-state index in [1.165, 1.54) is 43.7 Å². The molecule has 2 N–H and O–H groups in total. The van der Waals surface area contributed by atoms with Gasteiger partial charge in [0.2, 0.25) is 0 Å². The van der Waals surface area contributed by atoms with Crippen LogP contribution in [0.15, 0.2) is 24.3 Å². The fourth-order valence-electron chi connectivity index (χ4n) is 4.45. The van der Waals surface area contributed by atoms with Crippen LogP contribution in [0.2, 0.25) is 0 Å². The van der Waals surface area contributed by atoms with Crippen LogP contribution in [-0.4, -0.2) is 38.4 Å². The Hall–Kier alpha value is -0.680. The zero-order valence-electron chi connectivity index (χ0n) is 14.1. The van der Waals surface area contributed by atoms with Gasteiger partial charge in [0.05, 0.1) is 13.2 Å². The van der Waals surface area contributed by atoms with E-state index in [9.17, 15) is 4.39 Å². The third-order valence-electron chi connectivity index (χ3n) is 6.03. The first-order valence-electron chi connectivity index (χ1n) is 9.07. The highest BCUT2D eigenvalue weighted by Crippen LogP contribution is 2.48. The maximum atomic E-state index is 13.5. The van der Waals surface area contributed by atoms with E-state index in [2.05, 4.69) is 16.7 Å². The van der Waals surface area contributed by atoms with E-state index in [1.54, 1.807) is 6.07 Å². The first-order valence-corrected chi connectivity index (χ1v) is 9.07. The van der Waals surface area contributed by atoms with Crippen molar-refractivity contribution in [2.45, 2.75) is 49.6 Å². The van der Waals surface area contributed by atoms with E-state index in [4.69, 9.17) is 4.74 Å². The molecule has 3 nitrogen and oxygen atoms in total. The Bertz CT molecular complexity index is 546. The molecule has 1 aliphatic heterocycles. The van der Waals surface area contributed by atoms with Crippen LogP contribution in [-0.2, 0) is 10.2 Å². The molecule has 0 radical (unpaired) electrons. The van der Waals surface area contributed by atoms with E-state index in [0.29, 0.717) is 18.0 Å². The van der Waals surface area contributed by atoms with Gasteiger partial charge in [-0.15, -0.1) is 12.4 Å². The molecule has 3 aliphatic rings. The second-order valence-corrected chi connectivity index (χ2v) is 7.51. The predicted molar refractivity (Wildman–Crippen MR) is 96.3 cm³/mol. The maximum Gasteiger partial charge on any atom is 0.123 e. The topological polar surface area (TPSA) is 33.3 Å². The number of hydrogen-bond donors (Lipinski definition) is 2. The van der Waals surface area contributed by atoms with E-state index < -0.39 is 0 Å². The molecule has 2 aliphatic carbocycles. The molecule has 1 heterocycles. The molecule has 24 heavy (non-hydrogen) atoms. The van der Waals surface area contributed by atoms with Gasteiger partial charge >= 0.3 is 0 Å². The second-order valence-electron chi connectivity index (χ2n) is 7.51. The highest BCUT2D eigenvalue weighted by Gasteiger charge is 2.45. The predicted octanol–water partition coefficient (Wildman–Crippen LogP) is 3.03. The number of nitrogens with one attached hydrogen (secondary N) is 2. The summed E-state index contributed by atoms with van der Waals surface area (Å²) in [5.41, 5.74) is 1.34. The standard InChI is InChI=1S/C19H27FN2O.ClH/c20-15-4-1-3-14(11-15)19(7-8-19)13-22-17-6-2-5-16(17)18-12-23-10-9-21-18;/h1,3-4,11,16-18,21-22H,2,5-10,12-13H2;1H. The summed E-state index contributed by atoms with van der Waals surface area (Å²) >= 11 is 0. The zero-order chi connectivity index (χ0) is 15.7. The van der Waals surface area contributed by atoms with Gasteiger partial charge in [-0.3, -0.25) is 0 Å². The number of halogens is 2. The van der Waals surface area contributed by atoms with Crippen LogP contribution in [0.25, 0.3) is 0 Å². The van der Waals surface area contributed by atoms with E-state index in [1.807, 2.05) is 6.07 Å². The highest BCUT2D eigenvalue weighted by atomic mass is 35.5. The third-order valence-corrected chi connectivity index (χ3v) is 6.03. The second kappa shape index (κ2) is 7.69. The minimum absolute atomic E-state index is 0. The summed E-state index contributed by atoms with van der Waals surface area (Å²) < 4.78 is 19.2. The summed E-state index contributed by atoms with van der Waals surface area (Å²) in [5.74, 6) is 0.551.